The Morgan fingerprint density at radius 1 is 0.857 bits per heavy atom. The molecule has 1 aliphatic rings. The number of nitrogens with zero attached hydrogens (tertiary/aromatic N) is 1. The molecule has 0 radical (unpaired) electrons. The first-order valence-electron chi connectivity index (χ1n) is 12.4. The van der Waals surface area contributed by atoms with Gasteiger partial charge in [-0.2, -0.15) is 0 Å². The van der Waals surface area contributed by atoms with Crippen molar-refractivity contribution in [1.82, 2.24) is 9.88 Å². The van der Waals surface area contributed by atoms with Crippen LogP contribution in [0.5, 0.6) is 0 Å². The molecular formula is C30H32N2O2S. The van der Waals surface area contributed by atoms with Gasteiger partial charge in [-0.05, 0) is 48.8 Å². The van der Waals surface area contributed by atoms with E-state index in [1.54, 1.807) is 0 Å². The number of sulfone groups is 1. The molecule has 1 aliphatic heterocycles. The van der Waals surface area contributed by atoms with E-state index in [0.29, 0.717) is 22.9 Å². The lowest BCUT2D eigenvalue weighted by Gasteiger charge is -2.34. The number of aryl methyl sites for hydroxylation is 1. The highest BCUT2D eigenvalue weighted by atomic mass is 32.2. The van der Waals surface area contributed by atoms with Gasteiger partial charge in [0.2, 0.25) is 0 Å². The number of para-hydroxylation sites is 1. The third kappa shape index (κ3) is 5.20. The number of nitrogens with one attached hydrogen (secondary N) is 1. The van der Waals surface area contributed by atoms with Crippen molar-refractivity contribution in [1.29, 1.82) is 0 Å². The largest absolute Gasteiger partial charge is 0.370 e. The SMILES string of the molecule is C=C(c1[nH]c2ccccc2c1S(=O)(=O)CCc1ccccc1)N1CCC(Cc2ccccc2)CC1. The zero-order valence-electron chi connectivity index (χ0n) is 20.0. The van der Waals surface area contributed by atoms with Crippen LogP contribution in [0.1, 0.15) is 29.7 Å². The summed E-state index contributed by atoms with van der Waals surface area (Å²) in [5.41, 5.74) is 4.66. The van der Waals surface area contributed by atoms with E-state index >= 15 is 0 Å². The Hall–Kier alpha value is -3.31. The highest BCUT2D eigenvalue weighted by Crippen LogP contribution is 2.35. The summed E-state index contributed by atoms with van der Waals surface area (Å²) in [6.45, 7) is 6.14. The van der Waals surface area contributed by atoms with E-state index in [-0.39, 0.29) is 5.75 Å². The van der Waals surface area contributed by atoms with Crippen LogP contribution in [0, 0.1) is 5.92 Å². The molecule has 3 aromatic carbocycles. The number of hydrogen-bond acceptors (Lipinski definition) is 3. The number of aromatic nitrogens is 1. The fraction of sp³-hybridized carbons (Fsp3) is 0.267. The van der Waals surface area contributed by atoms with Gasteiger partial charge in [0.05, 0.1) is 17.1 Å². The fourth-order valence-corrected chi connectivity index (χ4v) is 6.86. The minimum Gasteiger partial charge on any atom is -0.370 e. The second kappa shape index (κ2) is 10.1. The highest BCUT2D eigenvalue weighted by molar-refractivity contribution is 7.91. The Labute approximate surface area is 208 Å². The van der Waals surface area contributed by atoms with Crippen molar-refractivity contribution in [3.63, 3.8) is 0 Å². The molecule has 2 heterocycles. The van der Waals surface area contributed by atoms with Crippen LogP contribution in [0.2, 0.25) is 0 Å². The van der Waals surface area contributed by atoms with Crippen LogP contribution in [-0.4, -0.2) is 37.1 Å². The van der Waals surface area contributed by atoms with Gasteiger partial charge in [0.25, 0.3) is 0 Å². The average molecular weight is 485 g/mol. The van der Waals surface area contributed by atoms with Crippen LogP contribution in [0.4, 0.5) is 0 Å². The highest BCUT2D eigenvalue weighted by Gasteiger charge is 2.29. The van der Waals surface area contributed by atoms with Crippen molar-refractivity contribution in [2.24, 2.45) is 5.92 Å². The number of aromatic amines is 1. The number of likely N-dealkylation sites (tertiary alicyclic amines) is 1. The molecule has 1 aromatic heterocycles. The number of benzene rings is 3. The Kier molecular flexibility index (Phi) is 6.78. The molecule has 5 rings (SSSR count). The summed E-state index contributed by atoms with van der Waals surface area (Å²) in [4.78, 5) is 6.04. The average Bonchev–Trinajstić information content (AvgIpc) is 3.30. The predicted octanol–water partition coefficient (Wildman–Crippen LogP) is 6.11. The normalized spacial score (nSPS) is 14.9. The number of hydrogen-bond donors (Lipinski definition) is 1. The second-order valence-corrected chi connectivity index (χ2v) is 11.5. The monoisotopic (exact) mass is 484 g/mol. The summed E-state index contributed by atoms with van der Waals surface area (Å²) in [7, 11) is -3.53. The van der Waals surface area contributed by atoms with Gasteiger partial charge in [0.1, 0.15) is 4.90 Å². The van der Waals surface area contributed by atoms with Crippen molar-refractivity contribution in [3.8, 4) is 0 Å². The van der Waals surface area contributed by atoms with Crippen molar-refractivity contribution >= 4 is 26.4 Å². The first-order valence-corrected chi connectivity index (χ1v) is 14.0. The summed E-state index contributed by atoms with van der Waals surface area (Å²) in [5.74, 6) is 0.705. The van der Waals surface area contributed by atoms with E-state index in [9.17, 15) is 8.42 Å². The third-order valence-electron chi connectivity index (χ3n) is 7.12. The summed E-state index contributed by atoms with van der Waals surface area (Å²) in [6, 6.07) is 28.1. The molecule has 0 spiro atoms. The maximum atomic E-state index is 13.7. The van der Waals surface area contributed by atoms with E-state index < -0.39 is 9.84 Å². The Morgan fingerprint density at radius 2 is 1.46 bits per heavy atom. The van der Waals surface area contributed by atoms with E-state index in [0.717, 1.165) is 54.5 Å². The fourth-order valence-electron chi connectivity index (χ4n) is 5.15. The maximum absolute atomic E-state index is 13.7. The van der Waals surface area contributed by atoms with E-state index in [2.05, 4.69) is 46.8 Å². The van der Waals surface area contributed by atoms with Crippen LogP contribution >= 0.6 is 0 Å². The molecule has 4 nitrogen and oxygen atoms in total. The number of piperidine rings is 1. The minimum absolute atomic E-state index is 0.0677. The lowest BCUT2D eigenvalue weighted by Crippen LogP contribution is -2.33. The van der Waals surface area contributed by atoms with E-state index in [4.69, 9.17) is 0 Å². The molecule has 0 amide bonds. The summed E-state index contributed by atoms with van der Waals surface area (Å²) < 4.78 is 27.3. The minimum atomic E-state index is -3.53. The van der Waals surface area contributed by atoms with Gasteiger partial charge >= 0.3 is 0 Å². The lowest BCUT2D eigenvalue weighted by atomic mass is 9.90. The van der Waals surface area contributed by atoms with Gasteiger partial charge in [-0.3, -0.25) is 0 Å². The molecule has 1 N–H and O–H groups in total. The molecule has 1 saturated heterocycles. The maximum Gasteiger partial charge on any atom is 0.181 e. The van der Waals surface area contributed by atoms with E-state index in [1.807, 2.05) is 54.6 Å². The molecular weight excluding hydrogens is 452 g/mol. The van der Waals surface area contributed by atoms with Crippen LogP contribution in [0.25, 0.3) is 16.6 Å². The summed E-state index contributed by atoms with van der Waals surface area (Å²) in [6.07, 6.45) is 3.72. The van der Waals surface area contributed by atoms with Crippen LogP contribution < -0.4 is 0 Å². The molecule has 35 heavy (non-hydrogen) atoms. The molecule has 0 atom stereocenters. The summed E-state index contributed by atoms with van der Waals surface area (Å²) >= 11 is 0. The molecule has 0 unspecified atom stereocenters. The van der Waals surface area contributed by atoms with Gasteiger partial charge in [0.15, 0.2) is 9.84 Å². The molecule has 5 heteroatoms. The molecule has 0 bridgehead atoms. The molecule has 0 saturated carbocycles. The predicted molar refractivity (Wildman–Crippen MR) is 144 cm³/mol. The van der Waals surface area contributed by atoms with Crippen molar-refractivity contribution in [2.75, 3.05) is 18.8 Å². The summed E-state index contributed by atoms with van der Waals surface area (Å²) in [5, 5.41) is 0.746. The first-order chi connectivity index (χ1) is 17.0. The van der Waals surface area contributed by atoms with Crippen LogP contribution in [0.3, 0.4) is 0 Å². The molecule has 4 aromatic rings. The van der Waals surface area contributed by atoms with Gasteiger partial charge in [-0.15, -0.1) is 0 Å². The molecule has 180 valence electrons. The number of fused-ring (bicyclic) bond motifs is 1. The van der Waals surface area contributed by atoms with Crippen LogP contribution in [-0.2, 0) is 22.7 Å². The Balaban J connectivity index is 1.36. The zero-order chi connectivity index (χ0) is 24.3. The van der Waals surface area contributed by atoms with Gasteiger partial charge < -0.3 is 9.88 Å². The topological polar surface area (TPSA) is 53.2 Å². The molecule has 0 aliphatic carbocycles. The lowest BCUT2D eigenvalue weighted by molar-refractivity contribution is 0.254. The second-order valence-electron chi connectivity index (χ2n) is 9.50. The number of rotatable bonds is 8. The van der Waals surface area contributed by atoms with Crippen molar-refractivity contribution in [2.45, 2.75) is 30.6 Å². The van der Waals surface area contributed by atoms with Gasteiger partial charge in [-0.1, -0.05) is 85.4 Å². The van der Waals surface area contributed by atoms with Crippen LogP contribution in [0.15, 0.2) is 96.4 Å². The van der Waals surface area contributed by atoms with Crippen molar-refractivity contribution in [3.05, 3.63) is 108 Å². The Morgan fingerprint density at radius 3 is 2.14 bits per heavy atom. The Bertz CT molecular complexity index is 1400. The van der Waals surface area contributed by atoms with E-state index in [1.165, 1.54) is 5.56 Å². The molecule has 1 fully saturated rings. The number of H-pyrrole nitrogens is 1. The standard InChI is InChI=1S/C30H32N2O2S/c1-23(32-19-16-26(17-20-32)22-25-12-6-3-7-13-25)29-30(27-14-8-9-15-28(27)31-29)35(33,34)21-18-24-10-4-2-5-11-24/h2-15,26,31H,1,16-22H2. The van der Waals surface area contributed by atoms with Crippen molar-refractivity contribution < 1.29 is 8.42 Å². The smallest absolute Gasteiger partial charge is 0.181 e. The third-order valence-corrected chi connectivity index (χ3v) is 8.91. The van der Waals surface area contributed by atoms with Gasteiger partial charge in [0, 0.05) is 24.0 Å². The van der Waals surface area contributed by atoms with Gasteiger partial charge in [-0.25, -0.2) is 8.42 Å². The quantitative estimate of drug-likeness (QED) is 0.328. The zero-order valence-corrected chi connectivity index (χ0v) is 20.8. The first kappa shape index (κ1) is 23.4.